The number of alkyl halides is 2. The van der Waals surface area contributed by atoms with Gasteiger partial charge in [-0.2, -0.15) is 8.78 Å². The molecule has 0 bridgehead atoms. The number of carbonyl (C=O) groups excluding carboxylic acids is 2. The standard InChI is InChI=1S/C10H8ClF2NO3/c1-17-10(16)6-4-5(2-3-7(6)11)14-9(15)8(12)13/h2-4,8H,1H3,(H,14,15). The SMILES string of the molecule is COC(=O)c1cc(NC(=O)C(F)F)ccc1Cl. The van der Waals surface area contributed by atoms with E-state index in [9.17, 15) is 18.4 Å². The molecule has 17 heavy (non-hydrogen) atoms. The maximum atomic E-state index is 12.0. The van der Waals surface area contributed by atoms with Crippen LogP contribution in [0.25, 0.3) is 0 Å². The van der Waals surface area contributed by atoms with Gasteiger partial charge in [-0.25, -0.2) is 4.79 Å². The first kappa shape index (κ1) is 13.4. The summed E-state index contributed by atoms with van der Waals surface area (Å²) in [7, 11) is 1.16. The van der Waals surface area contributed by atoms with E-state index in [1.54, 1.807) is 0 Å². The van der Waals surface area contributed by atoms with Gasteiger partial charge < -0.3 is 10.1 Å². The number of nitrogens with one attached hydrogen (secondary N) is 1. The molecule has 0 radical (unpaired) electrons. The Morgan fingerprint density at radius 3 is 2.59 bits per heavy atom. The summed E-state index contributed by atoms with van der Waals surface area (Å²) in [5.41, 5.74) is 0.0290. The second kappa shape index (κ2) is 5.58. The van der Waals surface area contributed by atoms with Crippen molar-refractivity contribution in [1.29, 1.82) is 0 Å². The fraction of sp³-hybridized carbons (Fsp3) is 0.200. The molecule has 0 atom stereocenters. The molecule has 0 heterocycles. The van der Waals surface area contributed by atoms with Gasteiger partial charge in [0.05, 0.1) is 17.7 Å². The predicted octanol–water partition coefficient (Wildman–Crippen LogP) is 2.33. The van der Waals surface area contributed by atoms with Crippen molar-refractivity contribution in [3.63, 3.8) is 0 Å². The summed E-state index contributed by atoms with van der Waals surface area (Å²) in [4.78, 5) is 22.0. The van der Waals surface area contributed by atoms with Gasteiger partial charge in [-0.1, -0.05) is 11.6 Å². The predicted molar refractivity (Wildman–Crippen MR) is 57.4 cm³/mol. The molecule has 0 saturated heterocycles. The highest BCUT2D eigenvalue weighted by Crippen LogP contribution is 2.21. The summed E-state index contributed by atoms with van der Waals surface area (Å²) in [6.07, 6.45) is -3.13. The molecule has 0 aliphatic heterocycles. The number of methoxy groups -OCH3 is 1. The number of hydrogen-bond acceptors (Lipinski definition) is 3. The third kappa shape index (κ3) is 3.39. The number of benzene rings is 1. The molecule has 0 saturated carbocycles. The smallest absolute Gasteiger partial charge is 0.339 e. The van der Waals surface area contributed by atoms with Gasteiger partial charge in [-0.3, -0.25) is 4.79 Å². The molecule has 1 rings (SSSR count). The minimum Gasteiger partial charge on any atom is -0.465 e. The quantitative estimate of drug-likeness (QED) is 0.852. The third-order valence-electron chi connectivity index (χ3n) is 1.84. The van der Waals surface area contributed by atoms with E-state index in [-0.39, 0.29) is 16.3 Å². The van der Waals surface area contributed by atoms with Crippen LogP contribution in [0.1, 0.15) is 10.4 Å². The van der Waals surface area contributed by atoms with Crippen LogP contribution in [0.3, 0.4) is 0 Å². The van der Waals surface area contributed by atoms with Gasteiger partial charge in [0.2, 0.25) is 0 Å². The molecule has 0 unspecified atom stereocenters. The minimum atomic E-state index is -3.13. The Kier molecular flexibility index (Phi) is 4.39. The summed E-state index contributed by atoms with van der Waals surface area (Å²) < 4.78 is 28.4. The van der Waals surface area contributed by atoms with Gasteiger partial charge in [0.1, 0.15) is 0 Å². The number of ether oxygens (including phenoxy) is 1. The number of carbonyl (C=O) groups is 2. The molecule has 0 fully saturated rings. The number of hydrogen-bond donors (Lipinski definition) is 1. The lowest BCUT2D eigenvalue weighted by Gasteiger charge is -2.07. The van der Waals surface area contributed by atoms with Gasteiger partial charge in [0, 0.05) is 5.69 Å². The van der Waals surface area contributed by atoms with Crippen LogP contribution >= 0.6 is 11.6 Å². The second-order valence-electron chi connectivity index (χ2n) is 2.98. The number of halogens is 3. The number of esters is 1. The fourth-order valence-electron chi connectivity index (χ4n) is 1.07. The zero-order valence-electron chi connectivity index (χ0n) is 8.67. The molecular formula is C10H8ClF2NO3. The van der Waals surface area contributed by atoms with Crippen molar-refractivity contribution in [3.05, 3.63) is 28.8 Å². The Hall–Kier alpha value is -1.69. The van der Waals surface area contributed by atoms with Gasteiger partial charge in [-0.15, -0.1) is 0 Å². The van der Waals surface area contributed by atoms with E-state index in [1.807, 2.05) is 5.32 Å². The molecule has 0 aliphatic rings. The van der Waals surface area contributed by atoms with Crippen molar-refractivity contribution in [2.24, 2.45) is 0 Å². The molecule has 4 nitrogen and oxygen atoms in total. The van der Waals surface area contributed by atoms with Crippen LogP contribution in [0.15, 0.2) is 18.2 Å². The molecule has 92 valence electrons. The van der Waals surface area contributed by atoms with Crippen molar-refractivity contribution >= 4 is 29.2 Å². The molecule has 1 N–H and O–H groups in total. The zero-order chi connectivity index (χ0) is 13.0. The van der Waals surface area contributed by atoms with E-state index < -0.39 is 18.3 Å². The van der Waals surface area contributed by atoms with Crippen LogP contribution < -0.4 is 5.32 Å². The van der Waals surface area contributed by atoms with Gasteiger partial charge >= 0.3 is 12.4 Å². The Morgan fingerprint density at radius 1 is 1.41 bits per heavy atom. The highest BCUT2D eigenvalue weighted by atomic mass is 35.5. The Morgan fingerprint density at radius 2 is 2.06 bits per heavy atom. The zero-order valence-corrected chi connectivity index (χ0v) is 9.42. The van der Waals surface area contributed by atoms with Gasteiger partial charge in [0.25, 0.3) is 5.91 Å². The average molecular weight is 264 g/mol. The summed E-state index contributed by atoms with van der Waals surface area (Å²) in [5, 5.41) is 2.04. The highest BCUT2D eigenvalue weighted by molar-refractivity contribution is 6.33. The molecule has 7 heteroatoms. The van der Waals surface area contributed by atoms with Crippen LogP contribution in [0, 0.1) is 0 Å². The van der Waals surface area contributed by atoms with E-state index in [4.69, 9.17) is 11.6 Å². The van der Waals surface area contributed by atoms with Gasteiger partial charge in [0.15, 0.2) is 0 Å². The number of rotatable bonds is 3. The second-order valence-corrected chi connectivity index (χ2v) is 3.38. The first-order valence-electron chi connectivity index (χ1n) is 4.42. The molecular weight excluding hydrogens is 256 g/mol. The molecule has 1 amide bonds. The van der Waals surface area contributed by atoms with E-state index >= 15 is 0 Å². The normalized spacial score (nSPS) is 10.2. The van der Waals surface area contributed by atoms with Crippen molar-refractivity contribution in [2.45, 2.75) is 6.43 Å². The van der Waals surface area contributed by atoms with E-state index in [2.05, 4.69) is 4.74 Å². The first-order valence-corrected chi connectivity index (χ1v) is 4.80. The lowest BCUT2D eigenvalue weighted by atomic mass is 10.2. The minimum absolute atomic E-state index is 0.0127. The Balaban J connectivity index is 2.97. The molecule has 1 aromatic carbocycles. The van der Waals surface area contributed by atoms with Crippen molar-refractivity contribution in [1.82, 2.24) is 0 Å². The lowest BCUT2D eigenvalue weighted by Crippen LogP contribution is -2.20. The van der Waals surface area contributed by atoms with Crippen molar-refractivity contribution in [2.75, 3.05) is 12.4 Å². The summed E-state index contributed by atoms with van der Waals surface area (Å²) in [6.45, 7) is 0. The van der Waals surface area contributed by atoms with Crippen molar-refractivity contribution < 1.29 is 23.1 Å². The largest absolute Gasteiger partial charge is 0.465 e. The van der Waals surface area contributed by atoms with E-state index in [1.165, 1.54) is 12.1 Å². The van der Waals surface area contributed by atoms with E-state index in [0.717, 1.165) is 13.2 Å². The van der Waals surface area contributed by atoms with Crippen molar-refractivity contribution in [3.8, 4) is 0 Å². The van der Waals surface area contributed by atoms with Crippen LogP contribution in [-0.4, -0.2) is 25.4 Å². The summed E-state index contributed by atoms with van der Waals surface area (Å²) >= 11 is 5.71. The summed E-state index contributed by atoms with van der Waals surface area (Å²) in [5.74, 6) is -2.17. The van der Waals surface area contributed by atoms with Crippen LogP contribution in [-0.2, 0) is 9.53 Å². The Labute approximate surface area is 101 Å². The highest BCUT2D eigenvalue weighted by Gasteiger charge is 2.17. The molecule has 0 aliphatic carbocycles. The molecule has 0 aromatic heterocycles. The average Bonchev–Trinajstić information content (AvgIpc) is 2.30. The first-order chi connectivity index (χ1) is 7.95. The van der Waals surface area contributed by atoms with Crippen LogP contribution in [0.2, 0.25) is 5.02 Å². The van der Waals surface area contributed by atoms with Crippen LogP contribution in [0.4, 0.5) is 14.5 Å². The summed E-state index contributed by atoms with van der Waals surface area (Å²) in [6, 6.07) is 3.76. The lowest BCUT2D eigenvalue weighted by molar-refractivity contribution is -0.126. The Bertz CT molecular complexity index is 451. The third-order valence-corrected chi connectivity index (χ3v) is 2.17. The monoisotopic (exact) mass is 263 g/mol. The molecule has 0 spiro atoms. The maximum Gasteiger partial charge on any atom is 0.339 e. The molecule has 1 aromatic rings. The van der Waals surface area contributed by atoms with Gasteiger partial charge in [-0.05, 0) is 18.2 Å². The maximum absolute atomic E-state index is 12.0. The number of amides is 1. The topological polar surface area (TPSA) is 55.4 Å². The van der Waals surface area contributed by atoms with E-state index in [0.29, 0.717) is 0 Å². The fourth-order valence-corrected chi connectivity index (χ4v) is 1.26. The number of anilines is 1. The van der Waals surface area contributed by atoms with Crippen LogP contribution in [0.5, 0.6) is 0 Å².